The number of amides is 1. The van der Waals surface area contributed by atoms with Crippen LogP contribution >= 0.6 is 0 Å². The summed E-state index contributed by atoms with van der Waals surface area (Å²) in [5, 5.41) is 45.0. The van der Waals surface area contributed by atoms with E-state index < -0.39 is 58.0 Å². The number of primary amides is 1. The minimum Gasteiger partial charge on any atom is -0.508 e. The van der Waals surface area contributed by atoms with Gasteiger partial charge in [-0.1, -0.05) is 50.6 Å². The Morgan fingerprint density at radius 2 is 1.76 bits per heavy atom. The number of phenolic OH excluding ortho intramolecular Hbond substituents is 1. The van der Waals surface area contributed by atoms with Gasteiger partial charge in [0.2, 0.25) is 5.78 Å². The molecular formula is C32H36N2O7. The van der Waals surface area contributed by atoms with E-state index in [2.05, 4.69) is 26.0 Å². The van der Waals surface area contributed by atoms with Gasteiger partial charge in [0.05, 0.1) is 11.6 Å². The number of likely N-dealkylation sites (N-methyl/N-ethyl adjacent to an activating group) is 1. The molecular weight excluding hydrogens is 524 g/mol. The lowest BCUT2D eigenvalue weighted by atomic mass is 9.57. The third-order valence-electron chi connectivity index (χ3n) is 9.15. The smallest absolute Gasteiger partial charge is 0.255 e. The first-order valence-electron chi connectivity index (χ1n) is 13.9. The van der Waals surface area contributed by atoms with Gasteiger partial charge in [-0.15, -0.1) is 0 Å². The Hall–Kier alpha value is -3.95. The minimum atomic E-state index is -2.65. The summed E-state index contributed by atoms with van der Waals surface area (Å²) >= 11 is 0. The summed E-state index contributed by atoms with van der Waals surface area (Å²) in [7, 11) is 3.16. The second-order valence-electron chi connectivity index (χ2n) is 11.9. The van der Waals surface area contributed by atoms with Crippen molar-refractivity contribution in [2.75, 3.05) is 14.1 Å². The number of phenols is 1. The highest BCUT2D eigenvalue weighted by Crippen LogP contribution is 2.53. The molecule has 2 aromatic carbocycles. The van der Waals surface area contributed by atoms with Crippen LogP contribution in [0.5, 0.6) is 5.75 Å². The molecule has 1 amide bonds. The van der Waals surface area contributed by atoms with Crippen molar-refractivity contribution < 1.29 is 34.8 Å². The quantitative estimate of drug-likeness (QED) is 0.337. The van der Waals surface area contributed by atoms with Gasteiger partial charge in [0, 0.05) is 11.5 Å². The SMILES string of the molecule is CCC(C)Cc1ccc(-c2ccc(O)c3c2C[C@@H]2C[C@@H]4C(N(C)C)C(=O)C(C(N)=O)=C(O)[C@]4(O)C(=O)C2=C3O)cc1. The first-order chi connectivity index (χ1) is 19.3. The molecule has 3 aliphatic rings. The maximum Gasteiger partial charge on any atom is 0.255 e. The van der Waals surface area contributed by atoms with Crippen molar-refractivity contribution >= 4 is 23.2 Å². The van der Waals surface area contributed by atoms with Gasteiger partial charge >= 0.3 is 0 Å². The summed E-state index contributed by atoms with van der Waals surface area (Å²) in [6.07, 6.45) is 2.33. The van der Waals surface area contributed by atoms with Gasteiger partial charge in [0.1, 0.15) is 22.8 Å². The summed E-state index contributed by atoms with van der Waals surface area (Å²) < 4.78 is 0. The number of benzene rings is 2. The van der Waals surface area contributed by atoms with E-state index in [0.717, 1.165) is 24.0 Å². The van der Waals surface area contributed by atoms with Crippen LogP contribution in [0.3, 0.4) is 0 Å². The largest absolute Gasteiger partial charge is 0.508 e. The number of hydrogen-bond acceptors (Lipinski definition) is 8. The number of aromatic hydroxyl groups is 1. The molecule has 0 aromatic heterocycles. The predicted octanol–water partition coefficient (Wildman–Crippen LogP) is 3.22. The number of hydrogen-bond donors (Lipinski definition) is 5. The number of nitrogens with two attached hydrogens (primary N) is 1. The number of carbonyl (C=O) groups excluding carboxylic acids is 3. The number of Topliss-reactive ketones (excluding diaryl/α,β-unsaturated/α-hetero) is 2. The molecule has 9 nitrogen and oxygen atoms in total. The molecule has 0 radical (unpaired) electrons. The molecule has 2 unspecified atom stereocenters. The maximum atomic E-state index is 14.0. The highest BCUT2D eigenvalue weighted by atomic mass is 16.3. The number of ketones is 2. The molecule has 5 rings (SSSR count). The summed E-state index contributed by atoms with van der Waals surface area (Å²) in [6, 6.07) is 10.2. The van der Waals surface area contributed by atoms with Crippen molar-refractivity contribution in [3.8, 4) is 16.9 Å². The molecule has 216 valence electrons. The third kappa shape index (κ3) is 4.26. The number of aliphatic hydroxyl groups excluding tert-OH is 2. The van der Waals surface area contributed by atoms with Crippen LogP contribution in [0.4, 0.5) is 0 Å². The monoisotopic (exact) mass is 560 g/mol. The van der Waals surface area contributed by atoms with E-state index in [0.29, 0.717) is 11.5 Å². The second-order valence-corrected chi connectivity index (χ2v) is 11.9. The molecule has 0 bridgehead atoms. The summed E-state index contributed by atoms with van der Waals surface area (Å²) in [5.74, 6) is -6.04. The van der Waals surface area contributed by atoms with E-state index in [4.69, 9.17) is 5.73 Å². The fraction of sp³-hybridized carbons (Fsp3) is 0.406. The Kier molecular flexibility index (Phi) is 7.07. The number of rotatable bonds is 6. The van der Waals surface area contributed by atoms with Gasteiger partial charge in [-0.05, 0) is 73.5 Å². The summed E-state index contributed by atoms with van der Waals surface area (Å²) in [6.45, 7) is 4.36. The fourth-order valence-electron chi connectivity index (χ4n) is 6.88. The van der Waals surface area contributed by atoms with Crippen LogP contribution in [-0.2, 0) is 27.2 Å². The lowest BCUT2D eigenvalue weighted by molar-refractivity contribution is -0.153. The minimum absolute atomic E-state index is 0.0503. The fourth-order valence-corrected chi connectivity index (χ4v) is 6.88. The van der Waals surface area contributed by atoms with Crippen LogP contribution in [0.25, 0.3) is 16.9 Å². The van der Waals surface area contributed by atoms with Gasteiger partial charge in [-0.25, -0.2) is 0 Å². The highest BCUT2D eigenvalue weighted by Gasteiger charge is 2.64. The first kappa shape index (κ1) is 28.6. The molecule has 9 heteroatoms. The van der Waals surface area contributed by atoms with Gasteiger partial charge in [-0.3, -0.25) is 19.3 Å². The van der Waals surface area contributed by atoms with Crippen LogP contribution in [0.1, 0.15) is 43.4 Å². The third-order valence-corrected chi connectivity index (χ3v) is 9.15. The van der Waals surface area contributed by atoms with Gasteiger partial charge in [0.15, 0.2) is 11.4 Å². The van der Waals surface area contributed by atoms with Crippen molar-refractivity contribution in [3.05, 3.63) is 70.0 Å². The number of fused-ring (bicyclic) bond motifs is 3. The molecule has 0 aliphatic heterocycles. The molecule has 2 aromatic rings. The van der Waals surface area contributed by atoms with Crippen molar-refractivity contribution in [3.63, 3.8) is 0 Å². The zero-order valence-electron chi connectivity index (χ0n) is 23.6. The standard InChI is InChI=1S/C32H36N2O7/c1-5-15(2)12-16-6-8-17(9-7-16)19-10-11-22(35)24-20(19)13-18-14-21-26(34(3)4)28(37)25(31(33)40)30(39)32(21,41)29(38)23(18)27(24)36/h6-11,15,18,21,26,35-36,39,41H,5,12-14H2,1-4H3,(H2,33,40)/t15?,18-,21-,26?,32-/m1/s1. The molecule has 3 aliphatic carbocycles. The highest BCUT2D eigenvalue weighted by molar-refractivity contribution is 6.24. The van der Waals surface area contributed by atoms with Crippen molar-refractivity contribution in [1.29, 1.82) is 0 Å². The van der Waals surface area contributed by atoms with E-state index in [1.54, 1.807) is 20.2 Å². The summed E-state index contributed by atoms with van der Waals surface area (Å²) in [4.78, 5) is 40.9. The normalized spacial score (nSPS) is 26.5. The molecule has 41 heavy (non-hydrogen) atoms. The first-order valence-corrected chi connectivity index (χ1v) is 13.9. The molecule has 1 saturated carbocycles. The number of carbonyl (C=O) groups is 3. The average Bonchev–Trinajstić information content (AvgIpc) is 2.91. The maximum absolute atomic E-state index is 14.0. The average molecular weight is 561 g/mol. The van der Waals surface area contributed by atoms with Crippen LogP contribution < -0.4 is 5.73 Å². The lowest BCUT2D eigenvalue weighted by Gasteiger charge is -2.50. The summed E-state index contributed by atoms with van der Waals surface area (Å²) in [5.41, 5.74) is 5.35. The van der Waals surface area contributed by atoms with Crippen LogP contribution in [-0.4, -0.2) is 68.5 Å². The molecule has 0 spiro atoms. The van der Waals surface area contributed by atoms with E-state index in [-0.39, 0.29) is 29.7 Å². The van der Waals surface area contributed by atoms with Crippen LogP contribution in [0.2, 0.25) is 0 Å². The van der Waals surface area contributed by atoms with E-state index in [9.17, 15) is 34.8 Å². The van der Waals surface area contributed by atoms with Crippen LogP contribution in [0.15, 0.2) is 53.3 Å². The van der Waals surface area contributed by atoms with Crippen LogP contribution in [0, 0.1) is 17.8 Å². The molecule has 5 atom stereocenters. The predicted molar refractivity (Wildman–Crippen MR) is 153 cm³/mol. The van der Waals surface area contributed by atoms with Gasteiger partial charge in [-0.2, -0.15) is 0 Å². The van der Waals surface area contributed by atoms with E-state index in [1.807, 2.05) is 12.1 Å². The number of nitrogens with zero attached hydrogens (tertiary/aromatic N) is 1. The second kappa shape index (κ2) is 10.2. The Morgan fingerprint density at radius 1 is 1.10 bits per heavy atom. The number of aliphatic hydroxyl groups is 3. The zero-order chi connectivity index (χ0) is 30.0. The van der Waals surface area contributed by atoms with Crippen molar-refractivity contribution in [1.82, 2.24) is 4.90 Å². The molecule has 0 heterocycles. The van der Waals surface area contributed by atoms with Gasteiger partial charge < -0.3 is 26.2 Å². The van der Waals surface area contributed by atoms with Crippen molar-refractivity contribution in [2.24, 2.45) is 23.5 Å². The Balaban J connectivity index is 1.65. The molecule has 0 saturated heterocycles. The molecule has 6 N–H and O–H groups in total. The van der Waals surface area contributed by atoms with E-state index in [1.165, 1.54) is 16.5 Å². The molecule has 1 fully saturated rings. The van der Waals surface area contributed by atoms with E-state index >= 15 is 0 Å². The Labute approximate surface area is 238 Å². The Morgan fingerprint density at radius 3 is 2.34 bits per heavy atom. The zero-order valence-corrected chi connectivity index (χ0v) is 23.6. The van der Waals surface area contributed by atoms with Gasteiger partial charge in [0.25, 0.3) is 5.91 Å². The van der Waals surface area contributed by atoms with Crippen molar-refractivity contribution in [2.45, 2.75) is 51.2 Å². The Bertz CT molecular complexity index is 1520. The lowest BCUT2D eigenvalue weighted by Crippen LogP contribution is -2.65. The topological polar surface area (TPSA) is 161 Å².